The topological polar surface area (TPSA) is 46.5 Å². The van der Waals surface area contributed by atoms with Crippen LogP contribution in [0.4, 0.5) is 0 Å². The van der Waals surface area contributed by atoms with Crippen molar-refractivity contribution in [2.45, 2.75) is 25.0 Å². The van der Waals surface area contributed by atoms with E-state index in [2.05, 4.69) is 11.3 Å². The monoisotopic (exact) mass is 142 g/mol. The molecule has 0 radical (unpaired) electrons. The summed E-state index contributed by atoms with van der Waals surface area (Å²) < 4.78 is 4.66. The van der Waals surface area contributed by atoms with Crippen LogP contribution in [-0.2, 0) is 9.53 Å². The van der Waals surface area contributed by atoms with Crippen LogP contribution in [0.5, 0.6) is 0 Å². The fourth-order valence-electron chi connectivity index (χ4n) is 0.859. The van der Waals surface area contributed by atoms with Gasteiger partial charge in [0.25, 0.3) is 0 Å². The molecule has 1 aliphatic rings. The molecule has 1 aliphatic heterocycles. The van der Waals surface area contributed by atoms with Crippen LogP contribution in [-0.4, -0.2) is 23.3 Å². The van der Waals surface area contributed by atoms with Crippen molar-refractivity contribution in [2.75, 3.05) is 0 Å². The van der Waals surface area contributed by atoms with Gasteiger partial charge in [0.1, 0.15) is 6.10 Å². The van der Waals surface area contributed by atoms with E-state index in [0.29, 0.717) is 12.8 Å². The number of esters is 1. The van der Waals surface area contributed by atoms with Gasteiger partial charge in [0, 0.05) is 6.42 Å². The van der Waals surface area contributed by atoms with Crippen LogP contribution >= 0.6 is 0 Å². The van der Waals surface area contributed by atoms with Crippen LogP contribution < -0.4 is 0 Å². The zero-order valence-corrected chi connectivity index (χ0v) is 5.62. The molecule has 0 aromatic rings. The van der Waals surface area contributed by atoms with Gasteiger partial charge < -0.3 is 9.84 Å². The van der Waals surface area contributed by atoms with Crippen LogP contribution in [0.15, 0.2) is 12.7 Å². The van der Waals surface area contributed by atoms with Gasteiger partial charge in [-0.05, 0) is 0 Å². The van der Waals surface area contributed by atoms with Crippen molar-refractivity contribution in [3.8, 4) is 0 Å². The Morgan fingerprint density at radius 1 is 2.00 bits per heavy atom. The van der Waals surface area contributed by atoms with E-state index in [-0.39, 0.29) is 12.1 Å². The maximum Gasteiger partial charge on any atom is 0.309 e. The lowest BCUT2D eigenvalue weighted by Gasteiger charge is -2.26. The third kappa shape index (κ3) is 1.57. The minimum atomic E-state index is -0.543. The Labute approximate surface area is 59.3 Å². The summed E-state index contributed by atoms with van der Waals surface area (Å²) >= 11 is 0. The normalized spacial score (nSPS) is 26.5. The molecule has 56 valence electrons. The molecule has 1 fully saturated rings. The number of aliphatic hydroxyl groups excluding tert-OH is 1. The van der Waals surface area contributed by atoms with E-state index >= 15 is 0 Å². The summed E-state index contributed by atoms with van der Waals surface area (Å²) in [5.74, 6) is -0.179. The van der Waals surface area contributed by atoms with Crippen molar-refractivity contribution in [3.05, 3.63) is 12.7 Å². The Hall–Kier alpha value is -0.830. The van der Waals surface area contributed by atoms with Gasteiger partial charge in [-0.2, -0.15) is 0 Å². The van der Waals surface area contributed by atoms with Crippen LogP contribution in [0, 0.1) is 0 Å². The van der Waals surface area contributed by atoms with Gasteiger partial charge in [0.2, 0.25) is 0 Å². The average molecular weight is 142 g/mol. The lowest BCUT2D eigenvalue weighted by Crippen LogP contribution is -2.35. The highest BCUT2D eigenvalue weighted by Gasteiger charge is 2.29. The molecule has 1 saturated heterocycles. The predicted molar refractivity (Wildman–Crippen MR) is 35.3 cm³/mol. The van der Waals surface area contributed by atoms with Crippen LogP contribution in [0.3, 0.4) is 0 Å². The molecule has 0 aromatic carbocycles. The number of ether oxygens (including phenoxy) is 1. The second kappa shape index (κ2) is 2.84. The van der Waals surface area contributed by atoms with Crippen molar-refractivity contribution in [2.24, 2.45) is 0 Å². The minimum Gasteiger partial charge on any atom is -0.462 e. The van der Waals surface area contributed by atoms with E-state index in [1.54, 1.807) is 0 Å². The third-order valence-electron chi connectivity index (χ3n) is 1.47. The molecular formula is C7H10O3. The Morgan fingerprint density at radius 3 is 3.00 bits per heavy atom. The number of hydrogen-bond acceptors (Lipinski definition) is 3. The first-order chi connectivity index (χ1) is 4.72. The smallest absolute Gasteiger partial charge is 0.309 e. The summed E-state index contributed by atoms with van der Waals surface area (Å²) in [5, 5.41) is 8.97. The highest BCUT2D eigenvalue weighted by molar-refractivity contribution is 5.75. The zero-order chi connectivity index (χ0) is 7.56. The lowest BCUT2D eigenvalue weighted by atomic mass is 10.1. The van der Waals surface area contributed by atoms with Crippen molar-refractivity contribution < 1.29 is 14.6 Å². The van der Waals surface area contributed by atoms with Gasteiger partial charge >= 0.3 is 5.97 Å². The van der Waals surface area contributed by atoms with E-state index in [9.17, 15) is 4.79 Å². The summed E-state index contributed by atoms with van der Waals surface area (Å²) in [4.78, 5) is 10.2. The number of carbonyl (C=O) groups is 1. The fraction of sp³-hybridized carbons (Fsp3) is 0.571. The molecule has 1 heterocycles. The van der Waals surface area contributed by atoms with E-state index in [1.165, 1.54) is 6.08 Å². The van der Waals surface area contributed by atoms with Gasteiger partial charge in [-0.1, -0.05) is 6.08 Å². The van der Waals surface area contributed by atoms with Crippen LogP contribution in [0.1, 0.15) is 12.8 Å². The fourth-order valence-corrected chi connectivity index (χ4v) is 0.859. The summed E-state index contributed by atoms with van der Waals surface area (Å²) in [7, 11) is 0. The quantitative estimate of drug-likeness (QED) is 0.453. The van der Waals surface area contributed by atoms with Gasteiger partial charge in [0.05, 0.1) is 12.5 Å². The maximum atomic E-state index is 10.2. The second-order valence-electron chi connectivity index (χ2n) is 2.35. The molecule has 2 atom stereocenters. The number of hydrogen-bond donors (Lipinski definition) is 1. The van der Waals surface area contributed by atoms with Crippen molar-refractivity contribution in [1.82, 2.24) is 0 Å². The molecule has 0 aromatic heterocycles. The van der Waals surface area contributed by atoms with E-state index in [1.807, 2.05) is 0 Å². The highest BCUT2D eigenvalue weighted by atomic mass is 16.6. The maximum absolute atomic E-state index is 10.2. The van der Waals surface area contributed by atoms with E-state index in [0.717, 1.165) is 0 Å². The summed E-state index contributed by atoms with van der Waals surface area (Å²) in [6, 6.07) is 0. The lowest BCUT2D eigenvalue weighted by molar-refractivity contribution is -0.171. The third-order valence-corrected chi connectivity index (χ3v) is 1.47. The molecule has 0 bridgehead atoms. The summed E-state index contributed by atoms with van der Waals surface area (Å²) in [6.45, 7) is 3.40. The van der Waals surface area contributed by atoms with Crippen LogP contribution in [0.2, 0.25) is 0 Å². The zero-order valence-electron chi connectivity index (χ0n) is 5.62. The van der Waals surface area contributed by atoms with Crippen molar-refractivity contribution in [3.63, 3.8) is 0 Å². The Morgan fingerprint density at radius 2 is 2.60 bits per heavy atom. The number of carbonyl (C=O) groups excluding carboxylic acids is 1. The van der Waals surface area contributed by atoms with Gasteiger partial charge in [-0.15, -0.1) is 6.58 Å². The first-order valence-electron chi connectivity index (χ1n) is 3.22. The first kappa shape index (κ1) is 7.28. The Kier molecular flexibility index (Phi) is 2.06. The summed E-state index contributed by atoms with van der Waals surface area (Å²) in [5.41, 5.74) is 0. The number of aliphatic hydroxyl groups is 1. The molecule has 0 aliphatic carbocycles. The highest BCUT2D eigenvalue weighted by Crippen LogP contribution is 2.18. The summed E-state index contributed by atoms with van der Waals surface area (Å²) in [6.07, 6.45) is 1.73. The van der Waals surface area contributed by atoms with E-state index < -0.39 is 6.10 Å². The molecule has 0 saturated carbocycles. The SMILES string of the molecule is C=CC(O)CC1CC(=O)O1. The number of cyclic esters (lactones) is 1. The molecule has 2 unspecified atom stereocenters. The van der Waals surface area contributed by atoms with Gasteiger partial charge in [0.15, 0.2) is 0 Å². The van der Waals surface area contributed by atoms with Gasteiger partial charge in [-0.3, -0.25) is 4.79 Å². The molecule has 0 amide bonds. The molecule has 3 heteroatoms. The largest absolute Gasteiger partial charge is 0.462 e. The predicted octanol–water partition coefficient (Wildman–Crippen LogP) is 0.239. The molecule has 3 nitrogen and oxygen atoms in total. The Bertz CT molecular complexity index is 145. The second-order valence-corrected chi connectivity index (χ2v) is 2.35. The Balaban J connectivity index is 2.15. The first-order valence-corrected chi connectivity index (χ1v) is 3.22. The standard InChI is InChI=1S/C7H10O3/c1-2-5(8)3-6-4-7(9)10-6/h2,5-6,8H,1,3-4H2. The van der Waals surface area contributed by atoms with Crippen molar-refractivity contribution >= 4 is 5.97 Å². The van der Waals surface area contributed by atoms with Crippen LogP contribution in [0.25, 0.3) is 0 Å². The molecule has 0 spiro atoms. The average Bonchev–Trinajstić information content (AvgIpc) is 1.84. The molecular weight excluding hydrogens is 132 g/mol. The molecule has 1 N–H and O–H groups in total. The van der Waals surface area contributed by atoms with Crippen molar-refractivity contribution in [1.29, 1.82) is 0 Å². The molecule has 10 heavy (non-hydrogen) atoms. The minimum absolute atomic E-state index is 0.0829. The van der Waals surface area contributed by atoms with E-state index in [4.69, 9.17) is 5.11 Å². The molecule has 1 rings (SSSR count). The number of rotatable bonds is 3. The van der Waals surface area contributed by atoms with Gasteiger partial charge in [-0.25, -0.2) is 0 Å².